The van der Waals surface area contributed by atoms with Crippen LogP contribution in [0.3, 0.4) is 0 Å². The predicted octanol–water partition coefficient (Wildman–Crippen LogP) is 0.606. The van der Waals surface area contributed by atoms with Crippen LogP contribution < -0.4 is 5.32 Å². The Morgan fingerprint density at radius 2 is 2.67 bits per heavy atom. The van der Waals surface area contributed by atoms with Gasteiger partial charge in [0, 0.05) is 6.42 Å². The molecule has 0 radical (unpaired) electrons. The summed E-state index contributed by atoms with van der Waals surface area (Å²) < 4.78 is 0. The van der Waals surface area contributed by atoms with Crippen LogP contribution in [0.1, 0.15) is 12.8 Å². The van der Waals surface area contributed by atoms with E-state index in [2.05, 4.69) is 17.6 Å². The quantitative estimate of drug-likeness (QED) is 0.508. The third-order valence-corrected chi connectivity index (χ3v) is 1.35. The second-order valence-corrected chi connectivity index (χ2v) is 2.08. The van der Waals surface area contributed by atoms with Gasteiger partial charge in [0.2, 0.25) is 5.91 Å². The van der Waals surface area contributed by atoms with E-state index in [1.165, 1.54) is 0 Å². The first-order chi connectivity index (χ1) is 4.33. The minimum Gasteiger partial charge on any atom is -0.349 e. The third kappa shape index (κ3) is 1.44. The molecular formula is C7H9NO. The first kappa shape index (κ1) is 6.12. The average molecular weight is 123 g/mol. The lowest BCUT2D eigenvalue weighted by Crippen LogP contribution is -2.22. The summed E-state index contributed by atoms with van der Waals surface area (Å²) in [5, 5.41) is 2.76. The highest BCUT2D eigenvalue weighted by molar-refractivity contribution is 5.78. The Bertz CT molecular complexity index is 168. The summed E-state index contributed by atoms with van der Waals surface area (Å²) in [4.78, 5) is 10.5. The molecule has 1 fully saturated rings. The van der Waals surface area contributed by atoms with Crippen LogP contribution in [0.25, 0.3) is 0 Å². The van der Waals surface area contributed by atoms with Gasteiger partial charge in [0.1, 0.15) is 0 Å². The number of nitrogens with one attached hydrogen (secondary N) is 1. The van der Waals surface area contributed by atoms with E-state index in [0.29, 0.717) is 6.42 Å². The molecular weight excluding hydrogens is 114 g/mol. The lowest BCUT2D eigenvalue weighted by molar-refractivity contribution is -0.119. The van der Waals surface area contributed by atoms with Crippen molar-refractivity contribution in [2.45, 2.75) is 18.9 Å². The minimum atomic E-state index is 0.131. The molecule has 1 unspecified atom stereocenters. The topological polar surface area (TPSA) is 29.1 Å². The van der Waals surface area contributed by atoms with Crippen molar-refractivity contribution in [3.63, 3.8) is 0 Å². The van der Waals surface area contributed by atoms with Crippen LogP contribution in [0.5, 0.6) is 0 Å². The number of carbonyl (C=O) groups excluding carboxylic acids is 1. The molecule has 1 aliphatic rings. The van der Waals surface area contributed by atoms with Crippen LogP contribution in [0, 0.1) is 0 Å². The van der Waals surface area contributed by atoms with Gasteiger partial charge in [0.05, 0.1) is 6.04 Å². The maximum Gasteiger partial charge on any atom is 0.220 e. The van der Waals surface area contributed by atoms with Crippen molar-refractivity contribution in [2.75, 3.05) is 0 Å². The largest absolute Gasteiger partial charge is 0.349 e. The van der Waals surface area contributed by atoms with Crippen molar-refractivity contribution < 1.29 is 4.79 Å². The Hall–Kier alpha value is -1.01. The molecule has 9 heavy (non-hydrogen) atoms. The van der Waals surface area contributed by atoms with Gasteiger partial charge in [-0.3, -0.25) is 4.79 Å². The Morgan fingerprint density at radius 3 is 3.11 bits per heavy atom. The minimum absolute atomic E-state index is 0.131. The number of amides is 1. The molecule has 1 aliphatic heterocycles. The zero-order chi connectivity index (χ0) is 6.69. The SMILES string of the molecule is C=C=CC1CCC(=O)N1. The van der Waals surface area contributed by atoms with E-state index in [1.807, 2.05) is 0 Å². The molecule has 1 heterocycles. The molecule has 2 heteroatoms. The van der Waals surface area contributed by atoms with Gasteiger partial charge in [-0.2, -0.15) is 0 Å². The Kier molecular flexibility index (Phi) is 1.71. The van der Waals surface area contributed by atoms with Crippen molar-refractivity contribution in [3.05, 3.63) is 18.4 Å². The highest BCUT2D eigenvalue weighted by Gasteiger charge is 2.17. The van der Waals surface area contributed by atoms with Crippen molar-refractivity contribution in [1.29, 1.82) is 0 Å². The first-order valence-electron chi connectivity index (χ1n) is 2.98. The van der Waals surface area contributed by atoms with E-state index in [9.17, 15) is 4.79 Å². The monoisotopic (exact) mass is 123 g/mol. The normalized spacial score (nSPS) is 24.9. The van der Waals surface area contributed by atoms with Crippen molar-refractivity contribution in [3.8, 4) is 0 Å². The standard InChI is InChI=1S/C7H9NO/c1-2-3-6-4-5-7(9)8-6/h3,6H,1,4-5H2,(H,8,9). The number of rotatable bonds is 1. The molecule has 1 saturated heterocycles. The van der Waals surface area contributed by atoms with Gasteiger partial charge >= 0.3 is 0 Å². The van der Waals surface area contributed by atoms with E-state index in [4.69, 9.17) is 0 Å². The van der Waals surface area contributed by atoms with Gasteiger partial charge in [-0.15, -0.1) is 5.73 Å². The van der Waals surface area contributed by atoms with Gasteiger partial charge in [-0.05, 0) is 12.5 Å². The lowest BCUT2D eigenvalue weighted by atomic mass is 10.2. The van der Waals surface area contributed by atoms with Gasteiger partial charge in [-0.25, -0.2) is 0 Å². The molecule has 1 atom stereocenters. The smallest absolute Gasteiger partial charge is 0.220 e. The van der Waals surface area contributed by atoms with Crippen LogP contribution in [-0.4, -0.2) is 11.9 Å². The molecule has 2 nitrogen and oxygen atoms in total. The fraction of sp³-hybridized carbons (Fsp3) is 0.429. The average Bonchev–Trinajstić information content (AvgIpc) is 2.17. The summed E-state index contributed by atoms with van der Waals surface area (Å²) in [6, 6.07) is 0.190. The van der Waals surface area contributed by atoms with Crippen LogP contribution in [-0.2, 0) is 4.79 Å². The fourth-order valence-corrected chi connectivity index (χ4v) is 0.905. The van der Waals surface area contributed by atoms with Crippen LogP contribution in [0.15, 0.2) is 18.4 Å². The molecule has 0 bridgehead atoms. The van der Waals surface area contributed by atoms with E-state index < -0.39 is 0 Å². The Balaban J connectivity index is 2.48. The second-order valence-electron chi connectivity index (χ2n) is 2.08. The summed E-state index contributed by atoms with van der Waals surface area (Å²) in [5.74, 6) is 0.131. The molecule has 48 valence electrons. The molecule has 0 saturated carbocycles. The highest BCUT2D eigenvalue weighted by Crippen LogP contribution is 2.05. The van der Waals surface area contributed by atoms with Gasteiger partial charge in [-0.1, -0.05) is 6.58 Å². The molecule has 0 aromatic carbocycles. The number of hydrogen-bond donors (Lipinski definition) is 1. The second kappa shape index (κ2) is 2.51. The summed E-state index contributed by atoms with van der Waals surface area (Å²) in [7, 11) is 0. The van der Waals surface area contributed by atoms with E-state index in [0.717, 1.165) is 6.42 Å². The third-order valence-electron chi connectivity index (χ3n) is 1.35. The molecule has 0 spiro atoms. The lowest BCUT2D eigenvalue weighted by Gasteiger charge is -1.97. The van der Waals surface area contributed by atoms with Gasteiger partial charge < -0.3 is 5.32 Å². The summed E-state index contributed by atoms with van der Waals surface area (Å²) in [6.45, 7) is 3.42. The zero-order valence-corrected chi connectivity index (χ0v) is 5.18. The van der Waals surface area contributed by atoms with Gasteiger partial charge in [0.15, 0.2) is 0 Å². The van der Waals surface area contributed by atoms with Crippen LogP contribution >= 0.6 is 0 Å². The number of hydrogen-bond acceptors (Lipinski definition) is 1. The summed E-state index contributed by atoms with van der Waals surface area (Å²) >= 11 is 0. The molecule has 1 N–H and O–H groups in total. The fourth-order valence-electron chi connectivity index (χ4n) is 0.905. The van der Waals surface area contributed by atoms with E-state index >= 15 is 0 Å². The molecule has 0 aliphatic carbocycles. The maximum atomic E-state index is 10.5. The van der Waals surface area contributed by atoms with Crippen LogP contribution in [0.4, 0.5) is 0 Å². The zero-order valence-electron chi connectivity index (χ0n) is 5.18. The van der Waals surface area contributed by atoms with Crippen LogP contribution in [0.2, 0.25) is 0 Å². The number of carbonyl (C=O) groups is 1. The van der Waals surface area contributed by atoms with Crippen molar-refractivity contribution >= 4 is 5.91 Å². The van der Waals surface area contributed by atoms with Crippen molar-refractivity contribution in [2.24, 2.45) is 0 Å². The highest BCUT2D eigenvalue weighted by atomic mass is 16.1. The Morgan fingerprint density at radius 1 is 1.89 bits per heavy atom. The molecule has 0 aromatic heterocycles. The summed E-state index contributed by atoms with van der Waals surface area (Å²) in [6.07, 6.45) is 3.31. The molecule has 1 amide bonds. The summed E-state index contributed by atoms with van der Waals surface area (Å²) in [5.41, 5.74) is 2.64. The van der Waals surface area contributed by atoms with Gasteiger partial charge in [0.25, 0.3) is 0 Å². The van der Waals surface area contributed by atoms with Crippen molar-refractivity contribution in [1.82, 2.24) is 5.32 Å². The predicted molar refractivity (Wildman–Crippen MR) is 34.9 cm³/mol. The Labute approximate surface area is 54.3 Å². The first-order valence-corrected chi connectivity index (χ1v) is 2.98. The van der Waals surface area contributed by atoms with E-state index in [1.54, 1.807) is 6.08 Å². The van der Waals surface area contributed by atoms with E-state index in [-0.39, 0.29) is 11.9 Å². The maximum absolute atomic E-state index is 10.5. The molecule has 1 rings (SSSR count). The molecule has 0 aromatic rings.